The molecule has 2 rings (SSSR count). The molecule has 0 fully saturated rings. The van der Waals surface area contributed by atoms with Crippen LogP contribution in [-0.4, -0.2) is 13.7 Å². The molecule has 0 radical (unpaired) electrons. The molecular formula is C15H17NO. The highest BCUT2D eigenvalue weighted by Gasteiger charge is 2.08. The molecular weight excluding hydrogens is 210 g/mol. The van der Waals surface area contributed by atoms with Crippen molar-refractivity contribution in [1.82, 2.24) is 0 Å². The number of para-hydroxylation sites is 1. The molecule has 0 atom stereocenters. The summed E-state index contributed by atoms with van der Waals surface area (Å²) in [5.74, 6) is 0.900. The summed E-state index contributed by atoms with van der Waals surface area (Å²) >= 11 is 0. The molecule has 0 unspecified atom stereocenters. The monoisotopic (exact) mass is 227 g/mol. The summed E-state index contributed by atoms with van der Waals surface area (Å²) in [5, 5.41) is 0. The molecule has 0 aromatic heterocycles. The van der Waals surface area contributed by atoms with Crippen molar-refractivity contribution in [2.45, 2.75) is 6.42 Å². The molecule has 2 aromatic carbocycles. The first-order valence-electron chi connectivity index (χ1n) is 5.78. The first kappa shape index (κ1) is 11.7. The van der Waals surface area contributed by atoms with Gasteiger partial charge >= 0.3 is 0 Å². The fourth-order valence-electron chi connectivity index (χ4n) is 2.02. The van der Waals surface area contributed by atoms with Crippen LogP contribution in [0.3, 0.4) is 0 Å². The third-order valence-electron chi connectivity index (χ3n) is 2.83. The minimum Gasteiger partial charge on any atom is -0.496 e. The van der Waals surface area contributed by atoms with Gasteiger partial charge in [0.2, 0.25) is 0 Å². The summed E-state index contributed by atoms with van der Waals surface area (Å²) in [4.78, 5) is 0. The number of hydrogen-bond acceptors (Lipinski definition) is 2. The largest absolute Gasteiger partial charge is 0.496 e. The van der Waals surface area contributed by atoms with E-state index >= 15 is 0 Å². The van der Waals surface area contributed by atoms with Gasteiger partial charge in [-0.2, -0.15) is 0 Å². The Kier molecular flexibility index (Phi) is 3.78. The molecule has 0 heterocycles. The van der Waals surface area contributed by atoms with E-state index in [1.165, 1.54) is 11.1 Å². The minimum absolute atomic E-state index is 0.659. The molecule has 88 valence electrons. The van der Waals surface area contributed by atoms with Crippen LogP contribution in [0.4, 0.5) is 0 Å². The van der Waals surface area contributed by atoms with Gasteiger partial charge in [-0.25, -0.2) is 0 Å². The van der Waals surface area contributed by atoms with Gasteiger partial charge in [-0.05, 0) is 30.2 Å². The van der Waals surface area contributed by atoms with Gasteiger partial charge in [-0.1, -0.05) is 42.5 Å². The molecule has 17 heavy (non-hydrogen) atoms. The van der Waals surface area contributed by atoms with Gasteiger partial charge < -0.3 is 10.5 Å². The number of ether oxygens (including phenoxy) is 1. The second-order valence-electron chi connectivity index (χ2n) is 3.90. The van der Waals surface area contributed by atoms with Crippen molar-refractivity contribution in [2.24, 2.45) is 5.73 Å². The van der Waals surface area contributed by atoms with E-state index in [1.807, 2.05) is 30.3 Å². The van der Waals surface area contributed by atoms with Crippen molar-refractivity contribution in [3.05, 3.63) is 54.1 Å². The summed E-state index contributed by atoms with van der Waals surface area (Å²) in [7, 11) is 1.70. The highest BCUT2D eigenvalue weighted by atomic mass is 16.5. The Labute approximate surface area is 102 Å². The average Bonchev–Trinajstić information content (AvgIpc) is 2.40. The highest BCUT2D eigenvalue weighted by molar-refractivity contribution is 5.73. The summed E-state index contributed by atoms with van der Waals surface area (Å²) in [6.07, 6.45) is 0.883. The van der Waals surface area contributed by atoms with Crippen LogP contribution in [0.2, 0.25) is 0 Å². The average molecular weight is 227 g/mol. The number of benzene rings is 2. The summed E-state index contributed by atoms with van der Waals surface area (Å²) in [6, 6.07) is 16.4. The fraction of sp³-hybridized carbons (Fsp3) is 0.200. The van der Waals surface area contributed by atoms with Gasteiger partial charge in [-0.3, -0.25) is 0 Å². The minimum atomic E-state index is 0.659. The number of nitrogens with two attached hydrogens (primary N) is 1. The van der Waals surface area contributed by atoms with Crippen molar-refractivity contribution in [3.63, 3.8) is 0 Å². The van der Waals surface area contributed by atoms with E-state index in [1.54, 1.807) is 7.11 Å². The maximum absolute atomic E-state index is 5.65. The van der Waals surface area contributed by atoms with E-state index in [9.17, 15) is 0 Å². The third kappa shape index (κ3) is 2.48. The van der Waals surface area contributed by atoms with Crippen LogP contribution < -0.4 is 10.5 Å². The van der Waals surface area contributed by atoms with Crippen molar-refractivity contribution < 1.29 is 4.74 Å². The Hall–Kier alpha value is -1.80. The molecule has 0 aliphatic heterocycles. The summed E-state index contributed by atoms with van der Waals surface area (Å²) in [5.41, 5.74) is 9.24. The predicted molar refractivity (Wildman–Crippen MR) is 71.2 cm³/mol. The molecule has 2 nitrogen and oxygen atoms in total. The molecule has 2 heteroatoms. The lowest BCUT2D eigenvalue weighted by molar-refractivity contribution is 0.416. The molecule has 2 N–H and O–H groups in total. The van der Waals surface area contributed by atoms with Crippen molar-refractivity contribution in [2.75, 3.05) is 13.7 Å². The Balaban J connectivity index is 2.52. The highest BCUT2D eigenvalue weighted by Crippen LogP contribution is 2.31. The van der Waals surface area contributed by atoms with Crippen LogP contribution in [0.25, 0.3) is 11.1 Å². The zero-order valence-electron chi connectivity index (χ0n) is 10.0. The van der Waals surface area contributed by atoms with Crippen LogP contribution >= 0.6 is 0 Å². The maximum atomic E-state index is 5.65. The quantitative estimate of drug-likeness (QED) is 0.871. The van der Waals surface area contributed by atoms with Crippen LogP contribution in [-0.2, 0) is 6.42 Å². The normalized spacial score (nSPS) is 10.2. The lowest BCUT2D eigenvalue weighted by atomic mass is 9.97. The third-order valence-corrected chi connectivity index (χ3v) is 2.83. The van der Waals surface area contributed by atoms with Gasteiger partial charge in [0.25, 0.3) is 0 Å². The molecule has 0 spiro atoms. The Morgan fingerprint density at radius 2 is 1.59 bits per heavy atom. The van der Waals surface area contributed by atoms with Gasteiger partial charge in [-0.15, -0.1) is 0 Å². The number of rotatable bonds is 4. The molecule has 0 bridgehead atoms. The standard InChI is InChI=1S/C15H17NO/c1-17-15-9-5-4-8-14(15)13-7-3-2-6-12(13)10-11-16/h2-9H,10-11,16H2,1H3. The van der Waals surface area contributed by atoms with E-state index in [0.29, 0.717) is 6.54 Å². The Morgan fingerprint density at radius 1 is 0.941 bits per heavy atom. The zero-order chi connectivity index (χ0) is 12.1. The van der Waals surface area contributed by atoms with Crippen molar-refractivity contribution >= 4 is 0 Å². The van der Waals surface area contributed by atoms with E-state index < -0.39 is 0 Å². The first-order chi connectivity index (χ1) is 8.36. The molecule has 0 aliphatic carbocycles. The smallest absolute Gasteiger partial charge is 0.126 e. The molecule has 0 amide bonds. The molecule has 2 aromatic rings. The summed E-state index contributed by atoms with van der Waals surface area (Å²) < 4.78 is 5.40. The lowest BCUT2D eigenvalue weighted by Crippen LogP contribution is -2.04. The Bertz CT molecular complexity index is 494. The van der Waals surface area contributed by atoms with Gasteiger partial charge in [0.1, 0.15) is 5.75 Å². The molecule has 0 saturated carbocycles. The number of methoxy groups -OCH3 is 1. The SMILES string of the molecule is COc1ccccc1-c1ccccc1CCN. The second kappa shape index (κ2) is 5.51. The van der Waals surface area contributed by atoms with Crippen molar-refractivity contribution in [1.29, 1.82) is 0 Å². The van der Waals surface area contributed by atoms with Crippen LogP contribution in [0, 0.1) is 0 Å². The van der Waals surface area contributed by atoms with Crippen molar-refractivity contribution in [3.8, 4) is 16.9 Å². The van der Waals surface area contributed by atoms with Crippen LogP contribution in [0.1, 0.15) is 5.56 Å². The predicted octanol–water partition coefficient (Wildman–Crippen LogP) is 2.86. The van der Waals surface area contributed by atoms with Crippen LogP contribution in [0.15, 0.2) is 48.5 Å². The Morgan fingerprint density at radius 3 is 2.29 bits per heavy atom. The van der Waals surface area contributed by atoms with Gasteiger partial charge in [0.15, 0.2) is 0 Å². The molecule has 0 saturated heterocycles. The lowest BCUT2D eigenvalue weighted by Gasteiger charge is -2.12. The van der Waals surface area contributed by atoms with Crippen LogP contribution in [0.5, 0.6) is 5.75 Å². The van der Waals surface area contributed by atoms with E-state index in [2.05, 4.69) is 18.2 Å². The topological polar surface area (TPSA) is 35.2 Å². The zero-order valence-corrected chi connectivity index (χ0v) is 10.0. The van der Waals surface area contributed by atoms with E-state index in [0.717, 1.165) is 17.7 Å². The second-order valence-corrected chi connectivity index (χ2v) is 3.90. The molecule has 0 aliphatic rings. The van der Waals surface area contributed by atoms with E-state index in [4.69, 9.17) is 10.5 Å². The van der Waals surface area contributed by atoms with Gasteiger partial charge in [0.05, 0.1) is 7.11 Å². The van der Waals surface area contributed by atoms with E-state index in [-0.39, 0.29) is 0 Å². The number of hydrogen-bond donors (Lipinski definition) is 1. The maximum Gasteiger partial charge on any atom is 0.126 e. The fourth-order valence-corrected chi connectivity index (χ4v) is 2.02. The first-order valence-corrected chi connectivity index (χ1v) is 5.78. The summed E-state index contributed by atoms with van der Waals surface area (Å²) in [6.45, 7) is 0.659. The van der Waals surface area contributed by atoms with Gasteiger partial charge in [0, 0.05) is 5.56 Å².